The molecule has 14 heavy (non-hydrogen) atoms. The van der Waals surface area contributed by atoms with Crippen LogP contribution in [-0.4, -0.2) is 23.3 Å². The van der Waals surface area contributed by atoms with Crippen LogP contribution in [0.2, 0.25) is 5.02 Å². The van der Waals surface area contributed by atoms with E-state index in [1.807, 2.05) is 0 Å². The Balaban J connectivity index is 2.32. The number of rotatable bonds is 2. The summed E-state index contributed by atoms with van der Waals surface area (Å²) in [6, 6.07) is 0. The molecule has 0 spiro atoms. The summed E-state index contributed by atoms with van der Waals surface area (Å²) in [5, 5.41) is 8.17. The number of nitrogen functional groups attached to an aromatic ring is 1. The second kappa shape index (κ2) is 3.98. The summed E-state index contributed by atoms with van der Waals surface area (Å²) < 4.78 is 0. The van der Waals surface area contributed by atoms with Crippen molar-refractivity contribution in [2.24, 2.45) is 5.84 Å². The number of hydrogen-bond acceptors (Lipinski definition) is 5. The highest BCUT2D eigenvalue weighted by Gasteiger charge is 2.17. The van der Waals surface area contributed by atoms with Crippen LogP contribution in [0.5, 0.6) is 0 Å². The minimum absolute atomic E-state index is 0.427. The summed E-state index contributed by atoms with van der Waals surface area (Å²) in [5.41, 5.74) is 3.34. The minimum atomic E-state index is 0.427. The Labute approximate surface area is 87.2 Å². The van der Waals surface area contributed by atoms with E-state index in [0.29, 0.717) is 10.8 Å². The summed E-state index contributed by atoms with van der Waals surface area (Å²) in [6.07, 6.45) is 4.07. The minimum Gasteiger partial charge on any atom is -0.369 e. The first-order valence-electron chi connectivity index (χ1n) is 4.55. The van der Waals surface area contributed by atoms with Gasteiger partial charge in [-0.05, 0) is 12.8 Å². The fraction of sp³-hybridized carbons (Fsp3) is 0.500. The number of nitrogens with zero attached hydrogens (tertiary/aromatic N) is 3. The smallest absolute Gasteiger partial charge is 0.183 e. The molecule has 0 unspecified atom stereocenters. The number of aromatic nitrogens is 2. The van der Waals surface area contributed by atoms with Crippen molar-refractivity contribution in [3.05, 3.63) is 11.2 Å². The van der Waals surface area contributed by atoms with E-state index in [4.69, 9.17) is 17.4 Å². The van der Waals surface area contributed by atoms with E-state index < -0.39 is 0 Å². The van der Waals surface area contributed by atoms with Crippen molar-refractivity contribution in [3.8, 4) is 0 Å². The zero-order chi connectivity index (χ0) is 9.97. The fourth-order valence-corrected chi connectivity index (χ4v) is 1.89. The molecule has 0 radical (unpaired) electrons. The summed E-state index contributed by atoms with van der Waals surface area (Å²) in [5.74, 6) is 5.69. The lowest BCUT2D eigenvalue weighted by atomic mass is 10.4. The predicted molar refractivity (Wildman–Crippen MR) is 56.3 cm³/mol. The standard InChI is InChI=1S/C8H12ClN5/c9-7-6(14-3-1-2-4-14)5-11-13-8(7)12-10/h5H,1-4,10H2,(H,12,13). The predicted octanol–water partition coefficient (Wildman–Crippen LogP) is 1.02. The van der Waals surface area contributed by atoms with Crippen LogP contribution in [0.3, 0.4) is 0 Å². The highest BCUT2D eigenvalue weighted by Crippen LogP contribution is 2.31. The van der Waals surface area contributed by atoms with Gasteiger partial charge in [-0.1, -0.05) is 11.6 Å². The van der Waals surface area contributed by atoms with Gasteiger partial charge in [0.25, 0.3) is 0 Å². The van der Waals surface area contributed by atoms with Gasteiger partial charge in [-0.15, -0.1) is 5.10 Å². The van der Waals surface area contributed by atoms with Crippen LogP contribution in [-0.2, 0) is 0 Å². The Morgan fingerprint density at radius 1 is 1.43 bits per heavy atom. The quantitative estimate of drug-likeness (QED) is 0.567. The van der Waals surface area contributed by atoms with Gasteiger partial charge < -0.3 is 10.3 Å². The van der Waals surface area contributed by atoms with Crippen LogP contribution in [0.4, 0.5) is 11.5 Å². The molecule has 2 heterocycles. The Morgan fingerprint density at radius 2 is 2.14 bits per heavy atom. The van der Waals surface area contributed by atoms with Gasteiger partial charge in [0.05, 0.1) is 11.9 Å². The molecule has 0 saturated carbocycles. The molecule has 5 nitrogen and oxygen atoms in total. The molecule has 1 aliphatic rings. The first kappa shape index (κ1) is 9.48. The van der Waals surface area contributed by atoms with Crippen LogP contribution in [0.25, 0.3) is 0 Å². The topological polar surface area (TPSA) is 67.1 Å². The van der Waals surface area contributed by atoms with Crippen molar-refractivity contribution in [3.63, 3.8) is 0 Å². The largest absolute Gasteiger partial charge is 0.369 e. The average Bonchev–Trinajstić information content (AvgIpc) is 2.71. The number of nitrogens with one attached hydrogen (secondary N) is 1. The van der Waals surface area contributed by atoms with E-state index >= 15 is 0 Å². The van der Waals surface area contributed by atoms with Crippen LogP contribution in [0, 0.1) is 0 Å². The van der Waals surface area contributed by atoms with E-state index in [2.05, 4.69) is 20.5 Å². The number of anilines is 2. The third-order valence-electron chi connectivity index (χ3n) is 2.35. The molecule has 76 valence electrons. The monoisotopic (exact) mass is 213 g/mol. The van der Waals surface area contributed by atoms with Crippen molar-refractivity contribution >= 4 is 23.1 Å². The molecule has 1 fully saturated rings. The Bertz CT molecular complexity index is 324. The second-order valence-corrected chi connectivity index (χ2v) is 3.61. The SMILES string of the molecule is NNc1nncc(N2CCCC2)c1Cl. The molecule has 0 amide bonds. The molecule has 1 aromatic rings. The second-order valence-electron chi connectivity index (χ2n) is 3.23. The third kappa shape index (κ3) is 1.60. The van der Waals surface area contributed by atoms with Crippen molar-refractivity contribution in [1.29, 1.82) is 0 Å². The molecular formula is C8H12ClN5. The molecule has 3 N–H and O–H groups in total. The zero-order valence-electron chi connectivity index (χ0n) is 7.70. The molecule has 0 aromatic carbocycles. The molecule has 2 rings (SSSR count). The highest BCUT2D eigenvalue weighted by molar-refractivity contribution is 6.35. The summed E-state index contributed by atoms with van der Waals surface area (Å²) in [6.45, 7) is 2.05. The molecule has 6 heteroatoms. The lowest BCUT2D eigenvalue weighted by Gasteiger charge is -2.18. The number of nitrogens with two attached hydrogens (primary N) is 1. The van der Waals surface area contributed by atoms with E-state index in [-0.39, 0.29) is 0 Å². The highest BCUT2D eigenvalue weighted by atomic mass is 35.5. The van der Waals surface area contributed by atoms with E-state index in [1.54, 1.807) is 6.20 Å². The van der Waals surface area contributed by atoms with Crippen LogP contribution in [0.1, 0.15) is 12.8 Å². The maximum absolute atomic E-state index is 6.10. The average molecular weight is 214 g/mol. The lowest BCUT2D eigenvalue weighted by Crippen LogP contribution is -2.20. The number of halogens is 1. The fourth-order valence-electron chi connectivity index (χ4n) is 1.63. The zero-order valence-corrected chi connectivity index (χ0v) is 8.46. The maximum Gasteiger partial charge on any atom is 0.183 e. The van der Waals surface area contributed by atoms with Crippen molar-refractivity contribution in [2.45, 2.75) is 12.8 Å². The summed E-state index contributed by atoms with van der Waals surface area (Å²) in [7, 11) is 0. The van der Waals surface area contributed by atoms with Crippen molar-refractivity contribution in [1.82, 2.24) is 10.2 Å². The normalized spacial score (nSPS) is 16.0. The van der Waals surface area contributed by atoms with Crippen molar-refractivity contribution < 1.29 is 0 Å². The van der Waals surface area contributed by atoms with Gasteiger partial charge >= 0.3 is 0 Å². The molecule has 1 saturated heterocycles. The van der Waals surface area contributed by atoms with Gasteiger partial charge in [0.1, 0.15) is 5.02 Å². The Hall–Kier alpha value is -1.07. The summed E-state index contributed by atoms with van der Waals surface area (Å²) >= 11 is 6.10. The van der Waals surface area contributed by atoms with E-state index in [0.717, 1.165) is 18.8 Å². The van der Waals surface area contributed by atoms with Gasteiger partial charge in [-0.2, -0.15) is 5.10 Å². The first-order chi connectivity index (χ1) is 6.83. The molecule has 0 bridgehead atoms. The first-order valence-corrected chi connectivity index (χ1v) is 4.93. The van der Waals surface area contributed by atoms with Crippen molar-refractivity contribution in [2.75, 3.05) is 23.4 Å². The Morgan fingerprint density at radius 3 is 2.79 bits per heavy atom. The number of hydrazine groups is 1. The third-order valence-corrected chi connectivity index (χ3v) is 2.73. The Kier molecular flexibility index (Phi) is 2.69. The van der Waals surface area contributed by atoms with Crippen LogP contribution in [0.15, 0.2) is 6.20 Å². The van der Waals surface area contributed by atoms with Gasteiger partial charge in [-0.25, -0.2) is 5.84 Å². The van der Waals surface area contributed by atoms with Gasteiger partial charge in [-0.3, -0.25) is 0 Å². The molecule has 0 atom stereocenters. The van der Waals surface area contributed by atoms with E-state index in [9.17, 15) is 0 Å². The summed E-state index contributed by atoms with van der Waals surface area (Å²) in [4.78, 5) is 2.19. The maximum atomic E-state index is 6.10. The lowest BCUT2D eigenvalue weighted by molar-refractivity contribution is 0.936. The van der Waals surface area contributed by atoms with Crippen LogP contribution < -0.4 is 16.2 Å². The van der Waals surface area contributed by atoms with E-state index in [1.165, 1.54) is 12.8 Å². The molecular weight excluding hydrogens is 202 g/mol. The molecule has 0 aliphatic carbocycles. The van der Waals surface area contributed by atoms with Gasteiger partial charge in [0, 0.05) is 13.1 Å². The van der Waals surface area contributed by atoms with Gasteiger partial charge in [0.2, 0.25) is 0 Å². The number of hydrogen-bond donors (Lipinski definition) is 2. The molecule has 1 aromatic heterocycles. The molecule has 1 aliphatic heterocycles. The van der Waals surface area contributed by atoms with Gasteiger partial charge in [0.15, 0.2) is 5.82 Å². The van der Waals surface area contributed by atoms with Crippen LogP contribution >= 0.6 is 11.6 Å².